The molecule has 17 nitrogen and oxygen atoms in total. The summed E-state index contributed by atoms with van der Waals surface area (Å²) in [5, 5.41) is 10.5. The molecule has 0 fully saturated rings. The highest BCUT2D eigenvalue weighted by atomic mass is 31.2. The van der Waals surface area contributed by atoms with Crippen LogP contribution >= 0.6 is 15.6 Å². The largest absolute Gasteiger partial charge is 0.472 e. The lowest BCUT2D eigenvalue weighted by atomic mass is 9.99. The average Bonchev–Trinajstić information content (AvgIpc) is 3.54. The van der Waals surface area contributed by atoms with Crippen molar-refractivity contribution in [2.75, 3.05) is 39.6 Å². The second-order valence-electron chi connectivity index (χ2n) is 23.4. The third-order valence-electron chi connectivity index (χ3n) is 15.0. The van der Waals surface area contributed by atoms with Crippen LogP contribution in [0.15, 0.2) is 24.3 Å². The van der Waals surface area contributed by atoms with Crippen LogP contribution in [0.2, 0.25) is 0 Å². The van der Waals surface area contributed by atoms with E-state index in [4.69, 9.17) is 37.0 Å². The minimum atomic E-state index is -4.95. The Morgan fingerprint density at radius 2 is 0.659 bits per heavy atom. The Hall–Kier alpha value is -2.46. The van der Waals surface area contributed by atoms with Gasteiger partial charge >= 0.3 is 39.5 Å². The first-order valence-electron chi connectivity index (χ1n) is 34.0. The minimum absolute atomic E-state index is 0.101. The number of allylic oxidation sites excluding steroid dienone is 4. The third-order valence-corrected chi connectivity index (χ3v) is 16.9. The zero-order valence-corrected chi connectivity index (χ0v) is 56.0. The van der Waals surface area contributed by atoms with Crippen LogP contribution < -0.4 is 0 Å². The molecule has 3 unspecified atom stereocenters. The van der Waals surface area contributed by atoms with E-state index >= 15 is 0 Å². The summed E-state index contributed by atoms with van der Waals surface area (Å²) in [6, 6.07) is 0. The summed E-state index contributed by atoms with van der Waals surface area (Å²) in [5.74, 6) is -1.33. The molecule has 3 N–H and O–H groups in total. The summed E-state index contributed by atoms with van der Waals surface area (Å²) < 4.78 is 67.7. The summed E-state index contributed by atoms with van der Waals surface area (Å²) in [6.07, 6.45) is 47.2. The lowest BCUT2D eigenvalue weighted by molar-refractivity contribution is -0.161. The van der Waals surface area contributed by atoms with Crippen LogP contribution in [0.1, 0.15) is 311 Å². The van der Waals surface area contributed by atoms with Crippen molar-refractivity contribution in [3.05, 3.63) is 24.3 Å². The van der Waals surface area contributed by atoms with Crippen molar-refractivity contribution in [1.29, 1.82) is 0 Å². The maximum Gasteiger partial charge on any atom is 0.472 e. The Balaban J connectivity index is 5.17. The molecule has 0 aliphatic carbocycles. The Morgan fingerprint density at radius 3 is 1.00 bits per heavy atom. The molecule has 0 heterocycles. The predicted molar refractivity (Wildman–Crippen MR) is 340 cm³/mol. The SMILES string of the molecule is CCCCCC/C=C\C=C/CCCCCCCC(=O)OC[C@H](COP(=O)(O)OC[C@@H](O)COP(=O)(O)OC[C@@H](COC(=O)CCCCCCC)OC(=O)CCCCCCCCC)OC(=O)CCCCCCCCCCCCCCCCC(C)CC. The zero-order valence-electron chi connectivity index (χ0n) is 54.2. The van der Waals surface area contributed by atoms with Gasteiger partial charge in [0.15, 0.2) is 12.2 Å². The van der Waals surface area contributed by atoms with Crippen LogP contribution in [-0.4, -0.2) is 96.7 Å². The van der Waals surface area contributed by atoms with E-state index in [9.17, 15) is 43.2 Å². The van der Waals surface area contributed by atoms with Crippen LogP contribution in [0.3, 0.4) is 0 Å². The molecule has 0 bridgehead atoms. The number of carbonyl (C=O) groups excluding carboxylic acids is 4. The van der Waals surface area contributed by atoms with Crippen molar-refractivity contribution in [2.45, 2.75) is 329 Å². The molecule has 85 heavy (non-hydrogen) atoms. The second kappa shape index (κ2) is 59.2. The number of aliphatic hydroxyl groups excluding tert-OH is 1. The van der Waals surface area contributed by atoms with Gasteiger partial charge in [-0.15, -0.1) is 0 Å². The molecule has 0 rings (SSSR count). The van der Waals surface area contributed by atoms with Crippen molar-refractivity contribution in [3.63, 3.8) is 0 Å². The van der Waals surface area contributed by atoms with Gasteiger partial charge in [-0.1, -0.05) is 258 Å². The molecular weight excluding hydrogens is 1130 g/mol. The number of phosphoric acid groups is 2. The fourth-order valence-corrected chi connectivity index (χ4v) is 10.9. The van der Waals surface area contributed by atoms with Crippen molar-refractivity contribution < 1.29 is 80.2 Å². The van der Waals surface area contributed by atoms with E-state index in [1.807, 2.05) is 0 Å². The van der Waals surface area contributed by atoms with Gasteiger partial charge in [0.25, 0.3) is 0 Å². The van der Waals surface area contributed by atoms with Gasteiger partial charge in [0.1, 0.15) is 19.3 Å². The Bertz CT molecular complexity index is 1750. The standard InChI is InChI=1S/C66H124O17P2/c1-6-10-13-16-18-19-20-21-22-26-29-32-36-40-45-50-64(69)77-56-62(83-66(71)52-47-42-37-33-30-27-24-23-25-28-31-35-39-43-48-59(5)9-4)58-81-85(74,75)79-54-60(67)53-78-84(72,73)80-57-61(55-76-63(68)49-44-38-15-12-8-3)82-65(70)51-46-41-34-17-14-11-7-2/h19-22,59-62,67H,6-18,23-58H2,1-5H3,(H,72,73)(H,74,75)/b20-19-,22-21-/t59?,60-,61+,62+/m0/s1. The van der Waals surface area contributed by atoms with Crippen molar-refractivity contribution in [3.8, 4) is 0 Å². The van der Waals surface area contributed by atoms with Crippen LogP contribution in [0.4, 0.5) is 0 Å². The number of phosphoric ester groups is 2. The quantitative estimate of drug-likeness (QED) is 0.0169. The smallest absolute Gasteiger partial charge is 0.462 e. The van der Waals surface area contributed by atoms with Crippen LogP contribution in [0.5, 0.6) is 0 Å². The van der Waals surface area contributed by atoms with Crippen molar-refractivity contribution in [2.24, 2.45) is 5.92 Å². The Labute approximate surface area is 516 Å². The van der Waals surface area contributed by atoms with Crippen LogP contribution in [0, 0.1) is 5.92 Å². The zero-order chi connectivity index (χ0) is 62.8. The van der Waals surface area contributed by atoms with Gasteiger partial charge in [-0.05, 0) is 57.3 Å². The molecule has 0 radical (unpaired) electrons. The number of rotatable bonds is 64. The lowest BCUT2D eigenvalue weighted by Gasteiger charge is -2.21. The normalized spacial score (nSPS) is 14.7. The Kier molecular flexibility index (Phi) is 57.5. The number of aliphatic hydroxyl groups is 1. The number of unbranched alkanes of at least 4 members (excludes halogenated alkanes) is 32. The minimum Gasteiger partial charge on any atom is -0.462 e. The maximum atomic E-state index is 13.0. The predicted octanol–water partition coefficient (Wildman–Crippen LogP) is 18.1. The monoisotopic (exact) mass is 1250 g/mol. The molecule has 0 aliphatic heterocycles. The van der Waals surface area contributed by atoms with Crippen LogP contribution in [0.25, 0.3) is 0 Å². The average molecular weight is 1250 g/mol. The van der Waals surface area contributed by atoms with Gasteiger partial charge < -0.3 is 33.8 Å². The molecule has 0 aromatic rings. The highest BCUT2D eigenvalue weighted by Crippen LogP contribution is 2.45. The van der Waals surface area contributed by atoms with E-state index in [0.29, 0.717) is 25.7 Å². The maximum absolute atomic E-state index is 13.0. The van der Waals surface area contributed by atoms with E-state index in [1.165, 1.54) is 96.3 Å². The van der Waals surface area contributed by atoms with Gasteiger partial charge in [0.05, 0.1) is 26.4 Å². The molecule has 0 spiro atoms. The van der Waals surface area contributed by atoms with E-state index in [0.717, 1.165) is 134 Å². The summed E-state index contributed by atoms with van der Waals surface area (Å²) in [5.41, 5.74) is 0. The van der Waals surface area contributed by atoms with Crippen molar-refractivity contribution in [1.82, 2.24) is 0 Å². The van der Waals surface area contributed by atoms with E-state index in [1.54, 1.807) is 0 Å². The lowest BCUT2D eigenvalue weighted by Crippen LogP contribution is -2.30. The molecule has 0 aliphatic rings. The molecule has 0 aromatic carbocycles. The van der Waals surface area contributed by atoms with E-state index in [-0.39, 0.29) is 25.7 Å². The molecular formula is C66H124O17P2. The summed E-state index contributed by atoms with van der Waals surface area (Å²) in [6.45, 7) is 7.06. The third kappa shape index (κ3) is 59.0. The summed E-state index contributed by atoms with van der Waals surface area (Å²) in [7, 11) is -9.89. The molecule has 0 amide bonds. The van der Waals surface area contributed by atoms with E-state index in [2.05, 4.69) is 58.9 Å². The van der Waals surface area contributed by atoms with Gasteiger partial charge in [-0.2, -0.15) is 0 Å². The number of ether oxygens (including phenoxy) is 4. The molecule has 500 valence electrons. The van der Waals surface area contributed by atoms with Crippen LogP contribution in [-0.2, 0) is 65.4 Å². The summed E-state index contributed by atoms with van der Waals surface area (Å²) >= 11 is 0. The molecule has 0 aromatic heterocycles. The number of esters is 4. The first kappa shape index (κ1) is 82.5. The van der Waals surface area contributed by atoms with Crippen molar-refractivity contribution >= 4 is 39.5 Å². The number of carbonyl (C=O) groups is 4. The molecule has 0 saturated carbocycles. The first-order chi connectivity index (χ1) is 41.1. The number of hydrogen-bond acceptors (Lipinski definition) is 15. The topological polar surface area (TPSA) is 237 Å². The fraction of sp³-hybridized carbons (Fsp3) is 0.879. The van der Waals surface area contributed by atoms with Gasteiger partial charge in [0.2, 0.25) is 0 Å². The highest BCUT2D eigenvalue weighted by molar-refractivity contribution is 7.47. The number of hydrogen-bond donors (Lipinski definition) is 3. The molecule has 0 saturated heterocycles. The molecule has 19 heteroatoms. The molecule has 6 atom stereocenters. The van der Waals surface area contributed by atoms with Gasteiger partial charge in [0, 0.05) is 25.7 Å². The second-order valence-corrected chi connectivity index (χ2v) is 26.3. The highest BCUT2D eigenvalue weighted by Gasteiger charge is 2.30. The van der Waals surface area contributed by atoms with Gasteiger partial charge in [-0.25, -0.2) is 9.13 Å². The Morgan fingerprint density at radius 1 is 0.376 bits per heavy atom. The fourth-order valence-electron chi connectivity index (χ4n) is 9.36. The van der Waals surface area contributed by atoms with E-state index < -0.39 is 97.5 Å². The summed E-state index contributed by atoms with van der Waals surface area (Å²) in [4.78, 5) is 71.9. The first-order valence-corrected chi connectivity index (χ1v) is 37.0. The van der Waals surface area contributed by atoms with Gasteiger partial charge in [-0.3, -0.25) is 37.3 Å².